The van der Waals surface area contributed by atoms with E-state index in [1.807, 2.05) is 0 Å². The fourth-order valence-electron chi connectivity index (χ4n) is 2.23. The number of carbonyl (C=O) groups excluding carboxylic acids is 1. The van der Waals surface area contributed by atoms with Crippen LogP contribution in [-0.4, -0.2) is 36.6 Å². The largest absolute Gasteiger partial charge is 0.383 e. The van der Waals surface area contributed by atoms with Crippen molar-refractivity contribution in [1.29, 1.82) is 0 Å². The van der Waals surface area contributed by atoms with Gasteiger partial charge < -0.3 is 9.64 Å². The van der Waals surface area contributed by atoms with E-state index >= 15 is 0 Å². The minimum absolute atomic E-state index is 0.316. The van der Waals surface area contributed by atoms with E-state index < -0.39 is 17.8 Å². The third kappa shape index (κ3) is 4.55. The first kappa shape index (κ1) is 17.9. The fourth-order valence-corrected chi connectivity index (χ4v) is 2.23. The van der Waals surface area contributed by atoms with Gasteiger partial charge in [-0.05, 0) is 29.3 Å². The van der Waals surface area contributed by atoms with Crippen LogP contribution >= 0.6 is 0 Å². The van der Waals surface area contributed by atoms with Gasteiger partial charge >= 0.3 is 0 Å². The minimum atomic E-state index is -2.89. The van der Waals surface area contributed by atoms with Crippen molar-refractivity contribution in [2.45, 2.75) is 13.0 Å². The number of aromatic nitrogens is 1. The van der Waals surface area contributed by atoms with E-state index in [0.29, 0.717) is 37.2 Å². The second kappa shape index (κ2) is 8.44. The van der Waals surface area contributed by atoms with Gasteiger partial charge in [-0.15, -0.1) is 0 Å². The number of benzene rings is 1. The summed E-state index contributed by atoms with van der Waals surface area (Å²) >= 11 is 0. The predicted molar refractivity (Wildman–Crippen MR) is 82.9 cm³/mol. The third-order valence-corrected chi connectivity index (χ3v) is 3.48. The van der Waals surface area contributed by atoms with E-state index in [-0.39, 0.29) is 0 Å². The number of amides is 1. The van der Waals surface area contributed by atoms with Gasteiger partial charge in [0, 0.05) is 38.2 Å². The van der Waals surface area contributed by atoms with Gasteiger partial charge in [0.05, 0.1) is 12.2 Å². The second-order valence-corrected chi connectivity index (χ2v) is 5.19. The summed E-state index contributed by atoms with van der Waals surface area (Å²) in [6.07, 6.45) is 0.913. The number of nitrogens with zero attached hydrogens (tertiary/aromatic N) is 2. The Morgan fingerprint density at radius 1 is 1.25 bits per heavy atom. The van der Waals surface area contributed by atoms with Crippen LogP contribution in [0.2, 0.25) is 0 Å². The van der Waals surface area contributed by atoms with Gasteiger partial charge in [0.2, 0.25) is 6.41 Å². The van der Waals surface area contributed by atoms with Gasteiger partial charge in [-0.3, -0.25) is 9.78 Å². The molecule has 2 aromatic rings. The molecule has 7 heteroatoms. The molecule has 1 heterocycles. The van der Waals surface area contributed by atoms with Crippen molar-refractivity contribution in [3.05, 3.63) is 53.6 Å². The Hall–Kier alpha value is -2.41. The highest BCUT2D eigenvalue weighted by atomic mass is 19.3. The molecule has 4 nitrogen and oxygen atoms in total. The molecule has 0 saturated carbocycles. The Morgan fingerprint density at radius 3 is 2.71 bits per heavy atom. The lowest BCUT2D eigenvalue weighted by Crippen LogP contribution is -2.25. The van der Waals surface area contributed by atoms with Crippen molar-refractivity contribution < 1.29 is 22.7 Å². The van der Waals surface area contributed by atoms with Crippen LogP contribution in [0.3, 0.4) is 0 Å². The monoisotopic (exact) mass is 338 g/mol. The molecular weight excluding hydrogens is 321 g/mol. The van der Waals surface area contributed by atoms with E-state index in [9.17, 15) is 18.0 Å². The number of ether oxygens (including phenoxy) is 1. The highest BCUT2D eigenvalue weighted by molar-refractivity contribution is 5.64. The first-order valence-electron chi connectivity index (χ1n) is 7.25. The SMILES string of the molecule is COCCN(C=O)Cc1cncc(-c2ccc(F)c(C(F)F)c2)c1. The topological polar surface area (TPSA) is 42.4 Å². The Labute approximate surface area is 137 Å². The molecule has 1 aromatic carbocycles. The van der Waals surface area contributed by atoms with E-state index in [0.717, 1.165) is 17.7 Å². The minimum Gasteiger partial charge on any atom is -0.383 e. The molecule has 0 aliphatic carbocycles. The highest BCUT2D eigenvalue weighted by Crippen LogP contribution is 2.28. The molecule has 1 aromatic heterocycles. The zero-order valence-electron chi connectivity index (χ0n) is 13.1. The Balaban J connectivity index is 2.24. The molecule has 0 unspecified atom stereocenters. The molecule has 2 rings (SSSR count). The smallest absolute Gasteiger partial charge is 0.266 e. The molecule has 128 valence electrons. The van der Waals surface area contributed by atoms with Crippen molar-refractivity contribution in [2.24, 2.45) is 0 Å². The first-order chi connectivity index (χ1) is 11.5. The average molecular weight is 338 g/mol. The molecule has 0 saturated heterocycles. The van der Waals surface area contributed by atoms with Crippen LogP contribution in [0.15, 0.2) is 36.7 Å². The fraction of sp³-hybridized carbons (Fsp3) is 0.294. The molecule has 24 heavy (non-hydrogen) atoms. The van der Waals surface area contributed by atoms with E-state index in [4.69, 9.17) is 4.74 Å². The number of hydrogen-bond donors (Lipinski definition) is 0. The van der Waals surface area contributed by atoms with Gasteiger partial charge in [-0.1, -0.05) is 6.07 Å². The summed E-state index contributed by atoms with van der Waals surface area (Å²) < 4.78 is 44.0. The van der Waals surface area contributed by atoms with Crippen molar-refractivity contribution >= 4 is 6.41 Å². The molecule has 1 amide bonds. The van der Waals surface area contributed by atoms with Crippen molar-refractivity contribution in [1.82, 2.24) is 9.88 Å². The second-order valence-electron chi connectivity index (χ2n) is 5.19. The highest BCUT2D eigenvalue weighted by Gasteiger charge is 2.14. The predicted octanol–water partition coefficient (Wildman–Crippen LogP) is 3.43. The summed E-state index contributed by atoms with van der Waals surface area (Å²) in [7, 11) is 1.54. The summed E-state index contributed by atoms with van der Waals surface area (Å²) in [6.45, 7) is 1.15. The maximum atomic E-state index is 13.4. The molecule has 0 fully saturated rings. The molecule has 0 aliphatic heterocycles. The Kier molecular flexibility index (Phi) is 6.31. The maximum Gasteiger partial charge on any atom is 0.266 e. The lowest BCUT2D eigenvalue weighted by molar-refractivity contribution is -0.119. The molecule has 0 aliphatic rings. The zero-order chi connectivity index (χ0) is 17.5. The number of rotatable bonds is 8. The van der Waals surface area contributed by atoms with E-state index in [2.05, 4.69) is 4.98 Å². The maximum absolute atomic E-state index is 13.4. The van der Waals surface area contributed by atoms with Crippen LogP contribution in [0.25, 0.3) is 11.1 Å². The van der Waals surface area contributed by atoms with Crippen LogP contribution in [0.5, 0.6) is 0 Å². The number of hydrogen-bond acceptors (Lipinski definition) is 3. The molecule has 0 atom stereocenters. The average Bonchev–Trinajstić information content (AvgIpc) is 2.59. The number of pyridine rings is 1. The van der Waals surface area contributed by atoms with Crippen LogP contribution in [0.4, 0.5) is 13.2 Å². The summed E-state index contributed by atoms with van der Waals surface area (Å²) in [5, 5.41) is 0. The normalized spacial score (nSPS) is 10.9. The standard InChI is InChI=1S/C17H17F3N2O2/c1-24-5-4-22(11-23)10-12-6-14(9-21-8-12)13-2-3-16(18)15(7-13)17(19)20/h2-3,6-9,11,17H,4-5,10H2,1H3. The summed E-state index contributed by atoms with van der Waals surface area (Å²) in [5.41, 5.74) is 1.11. The van der Waals surface area contributed by atoms with Gasteiger partial charge in [0.25, 0.3) is 6.43 Å². The number of halogens is 3. The van der Waals surface area contributed by atoms with E-state index in [1.165, 1.54) is 17.2 Å². The quantitative estimate of drug-likeness (QED) is 0.693. The third-order valence-electron chi connectivity index (χ3n) is 3.48. The van der Waals surface area contributed by atoms with Crippen LogP contribution in [-0.2, 0) is 16.1 Å². The molecule has 0 N–H and O–H groups in total. The van der Waals surface area contributed by atoms with Crippen LogP contribution < -0.4 is 0 Å². The van der Waals surface area contributed by atoms with Crippen molar-refractivity contribution in [3.63, 3.8) is 0 Å². The Morgan fingerprint density at radius 2 is 2.04 bits per heavy atom. The van der Waals surface area contributed by atoms with Crippen molar-refractivity contribution in [2.75, 3.05) is 20.3 Å². The first-order valence-corrected chi connectivity index (χ1v) is 7.25. The summed E-state index contributed by atoms with van der Waals surface area (Å²) in [5.74, 6) is -0.940. The molecular formula is C17H17F3N2O2. The van der Waals surface area contributed by atoms with Gasteiger partial charge in [-0.2, -0.15) is 0 Å². The van der Waals surface area contributed by atoms with Crippen molar-refractivity contribution in [3.8, 4) is 11.1 Å². The zero-order valence-corrected chi connectivity index (χ0v) is 13.1. The van der Waals surface area contributed by atoms with Gasteiger partial charge in [0.1, 0.15) is 5.82 Å². The number of methoxy groups -OCH3 is 1. The lowest BCUT2D eigenvalue weighted by Gasteiger charge is -2.17. The summed E-state index contributed by atoms with van der Waals surface area (Å²) in [6, 6.07) is 5.28. The summed E-state index contributed by atoms with van der Waals surface area (Å²) in [4.78, 5) is 16.6. The van der Waals surface area contributed by atoms with Crippen LogP contribution in [0.1, 0.15) is 17.6 Å². The number of carbonyl (C=O) groups is 1. The lowest BCUT2D eigenvalue weighted by atomic mass is 10.0. The molecule has 0 spiro atoms. The van der Waals surface area contributed by atoms with Gasteiger partial charge in [-0.25, -0.2) is 13.2 Å². The van der Waals surface area contributed by atoms with E-state index in [1.54, 1.807) is 19.4 Å². The molecule has 0 radical (unpaired) electrons. The Bertz CT molecular complexity index is 695. The van der Waals surface area contributed by atoms with Crippen LogP contribution in [0, 0.1) is 5.82 Å². The molecule has 0 bridgehead atoms. The number of alkyl halides is 2. The van der Waals surface area contributed by atoms with Gasteiger partial charge in [0.15, 0.2) is 0 Å².